The van der Waals surface area contributed by atoms with Gasteiger partial charge < -0.3 is 9.32 Å². The summed E-state index contributed by atoms with van der Waals surface area (Å²) in [4.78, 5) is 14.5. The van der Waals surface area contributed by atoms with Crippen molar-refractivity contribution in [3.63, 3.8) is 0 Å². The summed E-state index contributed by atoms with van der Waals surface area (Å²) >= 11 is 1.39. The van der Waals surface area contributed by atoms with Crippen molar-refractivity contribution in [1.29, 1.82) is 0 Å². The zero-order valence-electron chi connectivity index (χ0n) is 14.5. The fraction of sp³-hybridized carbons (Fsp3) is 0.211. The van der Waals surface area contributed by atoms with Crippen LogP contribution in [-0.4, -0.2) is 32.8 Å². The van der Waals surface area contributed by atoms with E-state index >= 15 is 0 Å². The number of amides is 1. The van der Waals surface area contributed by atoms with Gasteiger partial charge in [-0.25, -0.2) is 0 Å². The van der Waals surface area contributed by atoms with Crippen LogP contribution < -0.4 is 4.90 Å². The van der Waals surface area contributed by atoms with Crippen LogP contribution in [0.4, 0.5) is 5.69 Å². The molecule has 0 radical (unpaired) electrons. The van der Waals surface area contributed by atoms with E-state index in [-0.39, 0.29) is 5.91 Å². The molecule has 0 saturated carbocycles. The molecule has 0 bridgehead atoms. The summed E-state index contributed by atoms with van der Waals surface area (Å²) < 4.78 is 7.63. The summed E-state index contributed by atoms with van der Waals surface area (Å²) in [5, 5.41) is 9.00. The van der Waals surface area contributed by atoms with E-state index in [1.807, 2.05) is 60.7 Å². The molecule has 0 saturated heterocycles. The van der Waals surface area contributed by atoms with Gasteiger partial charge in [0, 0.05) is 24.4 Å². The zero-order valence-corrected chi connectivity index (χ0v) is 15.4. The van der Waals surface area contributed by atoms with E-state index < -0.39 is 0 Å². The number of furan rings is 1. The van der Waals surface area contributed by atoms with Gasteiger partial charge in [-0.3, -0.25) is 9.20 Å². The van der Waals surface area contributed by atoms with Crippen LogP contribution in [0.15, 0.2) is 58.2 Å². The number of aryl methyl sites for hydroxylation is 1. The largest absolute Gasteiger partial charge is 0.460 e. The van der Waals surface area contributed by atoms with Crippen molar-refractivity contribution in [2.24, 2.45) is 0 Å². The molecule has 7 heteroatoms. The second kappa shape index (κ2) is 6.84. The number of anilines is 1. The molecule has 0 N–H and O–H groups in total. The van der Waals surface area contributed by atoms with Gasteiger partial charge in [0.15, 0.2) is 5.58 Å². The Labute approximate surface area is 154 Å². The Kier molecular flexibility index (Phi) is 4.38. The van der Waals surface area contributed by atoms with Gasteiger partial charge in [0.25, 0.3) is 0 Å². The summed E-state index contributed by atoms with van der Waals surface area (Å²) in [6.07, 6.45) is 1.67. The van der Waals surface area contributed by atoms with E-state index in [1.54, 1.807) is 11.2 Å². The van der Waals surface area contributed by atoms with E-state index in [0.29, 0.717) is 17.3 Å². The van der Waals surface area contributed by atoms with Crippen molar-refractivity contribution in [1.82, 2.24) is 14.6 Å². The van der Waals surface area contributed by atoms with Gasteiger partial charge in [0.1, 0.15) is 17.1 Å². The van der Waals surface area contributed by atoms with Crippen LogP contribution in [0.1, 0.15) is 12.7 Å². The van der Waals surface area contributed by atoms with Gasteiger partial charge in [-0.2, -0.15) is 0 Å². The minimum Gasteiger partial charge on any atom is -0.460 e. The average Bonchev–Trinajstić information content (AvgIpc) is 3.18. The molecule has 1 aromatic carbocycles. The Bertz CT molecular complexity index is 1070. The number of carbonyl (C=O) groups is 1. The van der Waals surface area contributed by atoms with Crippen LogP contribution >= 0.6 is 11.8 Å². The van der Waals surface area contributed by atoms with Crippen LogP contribution in [0.25, 0.3) is 16.6 Å². The lowest BCUT2D eigenvalue weighted by Crippen LogP contribution is -2.32. The average molecular weight is 366 g/mol. The molecule has 1 amide bonds. The number of benzene rings is 1. The standard InChI is InChI=1S/C19H18N4O2S/c1-3-22(14-7-5-4-6-8-14)18(24)11-26-19-16-10-17-15(9-13(2)25-17)23(16)12-20-21-19/h4-10,12H,3,11H2,1-2H3. The van der Waals surface area contributed by atoms with E-state index in [4.69, 9.17) is 4.42 Å². The number of para-hydroxylation sites is 1. The van der Waals surface area contributed by atoms with Crippen LogP contribution in [0, 0.1) is 6.92 Å². The third-order valence-corrected chi connectivity index (χ3v) is 5.16. The van der Waals surface area contributed by atoms with Crippen molar-refractivity contribution < 1.29 is 9.21 Å². The highest BCUT2D eigenvalue weighted by atomic mass is 32.2. The van der Waals surface area contributed by atoms with E-state index in [2.05, 4.69) is 10.2 Å². The van der Waals surface area contributed by atoms with Gasteiger partial charge in [-0.1, -0.05) is 30.0 Å². The lowest BCUT2D eigenvalue weighted by Gasteiger charge is -2.20. The molecule has 4 rings (SSSR count). The molecule has 0 spiro atoms. The number of hydrogen-bond acceptors (Lipinski definition) is 5. The number of hydrogen-bond donors (Lipinski definition) is 0. The maximum Gasteiger partial charge on any atom is 0.237 e. The number of nitrogens with zero attached hydrogens (tertiary/aromatic N) is 4. The first-order chi connectivity index (χ1) is 12.7. The molecule has 6 nitrogen and oxygen atoms in total. The molecule has 26 heavy (non-hydrogen) atoms. The molecule has 3 heterocycles. The Hall–Kier alpha value is -2.80. The predicted octanol–water partition coefficient (Wildman–Crippen LogP) is 3.93. The quantitative estimate of drug-likeness (QED) is 0.501. The monoisotopic (exact) mass is 366 g/mol. The minimum absolute atomic E-state index is 0.0404. The predicted molar refractivity (Wildman–Crippen MR) is 103 cm³/mol. The molecule has 0 aliphatic rings. The van der Waals surface area contributed by atoms with Crippen LogP contribution in [0.2, 0.25) is 0 Å². The fourth-order valence-electron chi connectivity index (χ4n) is 3.03. The summed E-state index contributed by atoms with van der Waals surface area (Å²) in [5.74, 6) is 1.19. The maximum absolute atomic E-state index is 12.7. The van der Waals surface area contributed by atoms with Gasteiger partial charge in [-0.05, 0) is 26.0 Å². The molecule has 132 valence electrons. The zero-order chi connectivity index (χ0) is 18.1. The number of rotatable bonds is 5. The molecule has 0 fully saturated rings. The first-order valence-corrected chi connectivity index (χ1v) is 9.37. The first kappa shape index (κ1) is 16.7. The lowest BCUT2D eigenvalue weighted by molar-refractivity contribution is -0.116. The summed E-state index contributed by atoms with van der Waals surface area (Å²) in [6, 6.07) is 13.6. The van der Waals surface area contributed by atoms with Crippen LogP contribution in [0.5, 0.6) is 0 Å². The summed E-state index contributed by atoms with van der Waals surface area (Å²) in [7, 11) is 0. The molecule has 0 unspecified atom stereocenters. The number of thioether (sulfide) groups is 1. The van der Waals surface area contributed by atoms with E-state index in [0.717, 1.165) is 28.1 Å². The fourth-order valence-corrected chi connectivity index (χ4v) is 3.85. The molecule has 3 aromatic heterocycles. The molecule has 0 atom stereocenters. The first-order valence-electron chi connectivity index (χ1n) is 8.38. The van der Waals surface area contributed by atoms with Gasteiger partial charge >= 0.3 is 0 Å². The molecule has 0 aliphatic carbocycles. The van der Waals surface area contributed by atoms with Crippen molar-refractivity contribution >= 4 is 40.0 Å². The van der Waals surface area contributed by atoms with E-state index in [1.165, 1.54) is 11.8 Å². The number of aromatic nitrogens is 3. The number of fused-ring (bicyclic) bond motifs is 3. The third kappa shape index (κ3) is 2.94. The van der Waals surface area contributed by atoms with Crippen LogP contribution in [0.3, 0.4) is 0 Å². The summed E-state index contributed by atoms with van der Waals surface area (Å²) in [6.45, 7) is 4.51. The van der Waals surface area contributed by atoms with Gasteiger partial charge in [-0.15, -0.1) is 10.2 Å². The third-order valence-electron chi connectivity index (χ3n) is 4.20. The Morgan fingerprint density at radius 2 is 2.04 bits per heavy atom. The molecule has 0 aliphatic heterocycles. The minimum atomic E-state index is 0.0404. The smallest absolute Gasteiger partial charge is 0.237 e. The van der Waals surface area contributed by atoms with Crippen molar-refractivity contribution in [3.8, 4) is 0 Å². The number of carbonyl (C=O) groups excluding carboxylic acids is 1. The normalized spacial score (nSPS) is 11.3. The van der Waals surface area contributed by atoms with Crippen LogP contribution in [-0.2, 0) is 4.79 Å². The second-order valence-corrected chi connectivity index (χ2v) is 6.87. The maximum atomic E-state index is 12.7. The summed E-state index contributed by atoms with van der Waals surface area (Å²) in [5.41, 5.74) is 3.56. The molecule has 4 aromatic rings. The van der Waals surface area contributed by atoms with E-state index in [9.17, 15) is 4.79 Å². The lowest BCUT2D eigenvalue weighted by atomic mass is 10.3. The Balaban J connectivity index is 1.57. The van der Waals surface area contributed by atoms with Gasteiger partial charge in [0.2, 0.25) is 5.91 Å². The highest BCUT2D eigenvalue weighted by Crippen LogP contribution is 2.29. The Morgan fingerprint density at radius 1 is 1.23 bits per heavy atom. The van der Waals surface area contributed by atoms with Crippen molar-refractivity contribution in [2.45, 2.75) is 18.9 Å². The topological polar surface area (TPSA) is 63.6 Å². The highest BCUT2D eigenvalue weighted by molar-refractivity contribution is 8.00. The molecular weight excluding hydrogens is 348 g/mol. The second-order valence-electron chi connectivity index (χ2n) is 5.90. The van der Waals surface area contributed by atoms with Crippen molar-refractivity contribution in [3.05, 3.63) is 54.6 Å². The van der Waals surface area contributed by atoms with Crippen molar-refractivity contribution in [2.75, 3.05) is 17.2 Å². The van der Waals surface area contributed by atoms with Gasteiger partial charge in [0.05, 0.1) is 16.8 Å². The Morgan fingerprint density at radius 3 is 2.81 bits per heavy atom. The molecular formula is C19H18N4O2S. The highest BCUT2D eigenvalue weighted by Gasteiger charge is 2.17. The SMILES string of the molecule is CCN(C(=O)CSc1nncn2c1cc1oc(C)cc12)c1ccccc1.